The molecule has 3 aromatic rings. The second-order valence-corrected chi connectivity index (χ2v) is 15.3. The largest absolute Gasteiger partial charge is 0.543 e. The average molecular weight is 491 g/mol. The predicted molar refractivity (Wildman–Crippen MR) is 132 cm³/mol. The van der Waals surface area contributed by atoms with E-state index in [0.29, 0.717) is 21.8 Å². The van der Waals surface area contributed by atoms with E-state index in [4.69, 9.17) is 16.0 Å². The van der Waals surface area contributed by atoms with Gasteiger partial charge in [0.1, 0.15) is 10.9 Å². The standard InChI is InChI=1S/C24H29BrClNOSi/c1-15(2)29(16(3)4,17(5)6)28-20-9-7-8-18(12-20)21-14-24(26)27-23-11-10-19(25)13-22(21)23/h7-17H,1-6H3. The monoisotopic (exact) mass is 489 g/mol. The molecule has 0 fully saturated rings. The summed E-state index contributed by atoms with van der Waals surface area (Å²) in [6.07, 6.45) is 0. The zero-order valence-corrected chi connectivity index (χ0v) is 21.3. The molecule has 0 aliphatic carbocycles. The number of benzene rings is 2. The highest BCUT2D eigenvalue weighted by Crippen LogP contribution is 2.43. The molecule has 0 radical (unpaired) electrons. The zero-order valence-electron chi connectivity index (χ0n) is 18.0. The average Bonchev–Trinajstić information content (AvgIpc) is 2.65. The normalized spacial score (nSPS) is 12.4. The molecule has 5 heteroatoms. The van der Waals surface area contributed by atoms with Gasteiger partial charge >= 0.3 is 0 Å². The first kappa shape index (κ1) is 22.3. The van der Waals surface area contributed by atoms with Gasteiger partial charge in [-0.05, 0) is 64.1 Å². The second-order valence-electron chi connectivity index (χ2n) is 8.60. The van der Waals surface area contributed by atoms with Gasteiger partial charge in [0.2, 0.25) is 0 Å². The van der Waals surface area contributed by atoms with Crippen molar-refractivity contribution in [3.63, 3.8) is 0 Å². The molecule has 154 valence electrons. The molecule has 2 nitrogen and oxygen atoms in total. The lowest BCUT2D eigenvalue weighted by atomic mass is 10.0. The van der Waals surface area contributed by atoms with Crippen molar-refractivity contribution in [1.29, 1.82) is 0 Å². The first-order valence-corrected chi connectivity index (χ1v) is 13.5. The summed E-state index contributed by atoms with van der Waals surface area (Å²) in [5, 5.41) is 1.57. The minimum atomic E-state index is -2.01. The van der Waals surface area contributed by atoms with Crippen LogP contribution in [0.1, 0.15) is 41.5 Å². The highest BCUT2D eigenvalue weighted by molar-refractivity contribution is 9.10. The van der Waals surface area contributed by atoms with Crippen LogP contribution >= 0.6 is 27.5 Å². The molecule has 0 amide bonds. The van der Waals surface area contributed by atoms with Gasteiger partial charge < -0.3 is 4.43 Å². The number of rotatable bonds is 6. The Morgan fingerprint density at radius 2 is 1.55 bits per heavy atom. The summed E-state index contributed by atoms with van der Waals surface area (Å²) in [7, 11) is -2.01. The van der Waals surface area contributed by atoms with Crippen LogP contribution in [-0.4, -0.2) is 13.3 Å². The molecule has 1 aromatic heterocycles. The summed E-state index contributed by atoms with van der Waals surface area (Å²) in [4.78, 5) is 4.47. The Morgan fingerprint density at radius 3 is 2.17 bits per heavy atom. The summed E-state index contributed by atoms with van der Waals surface area (Å²) in [5.74, 6) is 0.946. The SMILES string of the molecule is CC(C)[Si](Oc1cccc(-c2cc(Cl)nc3ccc(Br)cc23)c1)(C(C)C)C(C)C. The molecule has 0 bridgehead atoms. The Bertz CT molecular complexity index is 997. The van der Waals surface area contributed by atoms with Crippen LogP contribution in [0, 0.1) is 0 Å². The summed E-state index contributed by atoms with van der Waals surface area (Å²) in [5.41, 5.74) is 4.62. The number of hydrogen-bond acceptors (Lipinski definition) is 2. The summed E-state index contributed by atoms with van der Waals surface area (Å²) in [6, 6.07) is 16.4. The van der Waals surface area contributed by atoms with Gasteiger partial charge in [0.25, 0.3) is 8.32 Å². The van der Waals surface area contributed by atoms with Crippen molar-refractivity contribution in [1.82, 2.24) is 4.98 Å². The van der Waals surface area contributed by atoms with Crippen molar-refractivity contribution in [2.75, 3.05) is 0 Å². The van der Waals surface area contributed by atoms with E-state index in [2.05, 4.69) is 92.8 Å². The van der Waals surface area contributed by atoms with Gasteiger partial charge in [-0.1, -0.05) is 81.2 Å². The third-order valence-corrected chi connectivity index (χ3v) is 12.6. The van der Waals surface area contributed by atoms with E-state index in [-0.39, 0.29) is 0 Å². The molecule has 0 atom stereocenters. The van der Waals surface area contributed by atoms with Crippen molar-refractivity contribution in [2.45, 2.75) is 58.2 Å². The predicted octanol–water partition coefficient (Wildman–Crippen LogP) is 8.87. The van der Waals surface area contributed by atoms with E-state index >= 15 is 0 Å². The topological polar surface area (TPSA) is 22.1 Å². The number of halogens is 2. The zero-order chi connectivity index (χ0) is 21.3. The maximum atomic E-state index is 6.90. The number of pyridine rings is 1. The van der Waals surface area contributed by atoms with Crippen LogP contribution in [0.4, 0.5) is 0 Å². The van der Waals surface area contributed by atoms with E-state index in [1.165, 1.54) is 0 Å². The summed E-state index contributed by atoms with van der Waals surface area (Å²) >= 11 is 9.92. The Labute approximate surface area is 188 Å². The number of nitrogens with zero attached hydrogens (tertiary/aromatic N) is 1. The number of fused-ring (bicyclic) bond motifs is 1. The summed E-state index contributed by atoms with van der Waals surface area (Å²) < 4.78 is 7.92. The molecular weight excluding hydrogens is 462 g/mol. The van der Waals surface area contributed by atoms with E-state index in [1.807, 2.05) is 18.2 Å². The third-order valence-electron chi connectivity index (χ3n) is 5.89. The quantitative estimate of drug-likeness (QED) is 0.254. The molecular formula is C24H29BrClNOSi. The highest BCUT2D eigenvalue weighted by Gasteiger charge is 2.47. The number of aromatic nitrogens is 1. The first-order chi connectivity index (χ1) is 13.6. The van der Waals surface area contributed by atoms with E-state index in [0.717, 1.165) is 32.3 Å². The highest BCUT2D eigenvalue weighted by atomic mass is 79.9. The van der Waals surface area contributed by atoms with Crippen LogP contribution in [0.25, 0.3) is 22.0 Å². The Hall–Kier alpha value is -1.36. The van der Waals surface area contributed by atoms with Gasteiger partial charge in [-0.15, -0.1) is 0 Å². The molecule has 29 heavy (non-hydrogen) atoms. The molecule has 0 aliphatic heterocycles. The number of hydrogen-bond donors (Lipinski definition) is 0. The van der Waals surface area contributed by atoms with Crippen molar-refractivity contribution < 1.29 is 4.43 Å². The van der Waals surface area contributed by atoms with E-state index in [1.54, 1.807) is 0 Å². The second kappa shape index (κ2) is 8.79. The lowest BCUT2D eigenvalue weighted by Crippen LogP contribution is -2.50. The van der Waals surface area contributed by atoms with E-state index in [9.17, 15) is 0 Å². The molecule has 0 spiro atoms. The molecule has 1 heterocycles. The third kappa shape index (κ3) is 4.40. The lowest BCUT2D eigenvalue weighted by molar-refractivity contribution is 0.480. The Morgan fingerprint density at radius 1 is 0.897 bits per heavy atom. The van der Waals surface area contributed by atoms with Crippen LogP contribution in [-0.2, 0) is 0 Å². The van der Waals surface area contributed by atoms with Gasteiger partial charge in [-0.3, -0.25) is 0 Å². The van der Waals surface area contributed by atoms with Gasteiger partial charge in [-0.25, -0.2) is 4.98 Å². The molecule has 0 aliphatic rings. The fourth-order valence-corrected chi connectivity index (χ4v) is 10.5. The van der Waals surface area contributed by atoms with Crippen molar-refractivity contribution in [3.8, 4) is 16.9 Å². The van der Waals surface area contributed by atoms with Gasteiger partial charge in [0.15, 0.2) is 0 Å². The van der Waals surface area contributed by atoms with Crippen LogP contribution in [0.2, 0.25) is 21.8 Å². The van der Waals surface area contributed by atoms with Gasteiger partial charge in [0.05, 0.1) is 5.52 Å². The molecule has 0 saturated carbocycles. The maximum absolute atomic E-state index is 6.90. The van der Waals surface area contributed by atoms with Crippen molar-refractivity contribution in [2.24, 2.45) is 0 Å². The van der Waals surface area contributed by atoms with Crippen LogP contribution in [0.5, 0.6) is 5.75 Å². The minimum absolute atomic E-state index is 0.497. The Kier molecular flexibility index (Phi) is 6.76. The molecule has 0 saturated heterocycles. The molecule has 0 unspecified atom stereocenters. The maximum Gasteiger partial charge on any atom is 0.258 e. The molecule has 0 N–H and O–H groups in total. The molecule has 2 aromatic carbocycles. The first-order valence-electron chi connectivity index (χ1n) is 10.2. The fraction of sp³-hybridized carbons (Fsp3) is 0.375. The van der Waals surface area contributed by atoms with Crippen LogP contribution < -0.4 is 4.43 Å². The fourth-order valence-electron chi connectivity index (χ4n) is 4.69. The van der Waals surface area contributed by atoms with Crippen molar-refractivity contribution >= 4 is 46.8 Å². The lowest BCUT2D eigenvalue weighted by Gasteiger charge is -2.42. The van der Waals surface area contributed by atoms with Gasteiger partial charge in [-0.2, -0.15) is 0 Å². The van der Waals surface area contributed by atoms with Crippen LogP contribution in [0.3, 0.4) is 0 Å². The minimum Gasteiger partial charge on any atom is -0.543 e. The van der Waals surface area contributed by atoms with E-state index < -0.39 is 8.32 Å². The van der Waals surface area contributed by atoms with Crippen LogP contribution in [0.15, 0.2) is 53.0 Å². The van der Waals surface area contributed by atoms with Gasteiger partial charge in [0, 0.05) is 9.86 Å². The summed E-state index contributed by atoms with van der Waals surface area (Å²) in [6.45, 7) is 13.9. The molecule has 3 rings (SSSR count). The Balaban J connectivity index is 2.12. The smallest absolute Gasteiger partial charge is 0.258 e. The van der Waals surface area contributed by atoms with Crippen molar-refractivity contribution in [3.05, 3.63) is 58.2 Å².